The number of aromatic nitrogens is 2. The molecule has 5 nitrogen and oxygen atoms in total. The Labute approximate surface area is 155 Å². The van der Waals surface area contributed by atoms with E-state index in [0.29, 0.717) is 0 Å². The van der Waals surface area contributed by atoms with E-state index < -0.39 is 0 Å². The molecular formula is C21H26N4O. The largest absolute Gasteiger partial charge is 0.457 e. The van der Waals surface area contributed by atoms with Gasteiger partial charge < -0.3 is 15.0 Å². The number of para-hydroxylation sites is 1. The molecule has 0 amide bonds. The number of benzene rings is 2. The van der Waals surface area contributed by atoms with Gasteiger partial charge in [-0.15, -0.1) is 0 Å². The van der Waals surface area contributed by atoms with Gasteiger partial charge in [0, 0.05) is 37.8 Å². The van der Waals surface area contributed by atoms with Crippen molar-refractivity contribution in [1.29, 1.82) is 0 Å². The van der Waals surface area contributed by atoms with Crippen LogP contribution in [-0.2, 0) is 13.6 Å². The number of nitrogens with zero attached hydrogens (tertiary/aromatic N) is 3. The Morgan fingerprint density at radius 2 is 1.73 bits per heavy atom. The highest BCUT2D eigenvalue weighted by Crippen LogP contribution is 2.28. The molecule has 136 valence electrons. The summed E-state index contributed by atoms with van der Waals surface area (Å²) in [6.45, 7) is 2.83. The first kappa shape index (κ1) is 18.2. The van der Waals surface area contributed by atoms with Crippen molar-refractivity contribution in [3.8, 4) is 22.8 Å². The first-order valence-electron chi connectivity index (χ1n) is 8.84. The summed E-state index contributed by atoms with van der Waals surface area (Å²) in [5, 5.41) is 7.65. The van der Waals surface area contributed by atoms with Crippen LogP contribution in [0.4, 0.5) is 0 Å². The standard InChI is InChI=1S/C21H26N4O/c1-22-13-14-24(2)16-18-15-23-25(3)21(18)17-9-11-20(12-10-17)26-19-7-5-4-6-8-19/h4-12,15,22H,13-14,16H2,1-3H3. The van der Waals surface area contributed by atoms with Crippen LogP contribution in [0.5, 0.6) is 11.5 Å². The molecule has 1 heterocycles. The number of rotatable bonds is 8. The van der Waals surface area contributed by atoms with E-state index in [4.69, 9.17) is 4.74 Å². The summed E-state index contributed by atoms with van der Waals surface area (Å²) < 4.78 is 7.82. The molecule has 3 rings (SSSR count). The minimum Gasteiger partial charge on any atom is -0.457 e. The highest BCUT2D eigenvalue weighted by molar-refractivity contribution is 5.64. The van der Waals surface area contributed by atoms with Gasteiger partial charge >= 0.3 is 0 Å². The second kappa shape index (κ2) is 8.65. The fraction of sp³-hybridized carbons (Fsp3) is 0.286. The van der Waals surface area contributed by atoms with E-state index in [1.807, 2.05) is 67.4 Å². The van der Waals surface area contributed by atoms with Gasteiger partial charge in [0.25, 0.3) is 0 Å². The van der Waals surface area contributed by atoms with E-state index in [1.54, 1.807) is 0 Å². The summed E-state index contributed by atoms with van der Waals surface area (Å²) in [4.78, 5) is 2.30. The Kier molecular flexibility index (Phi) is 6.04. The fourth-order valence-electron chi connectivity index (χ4n) is 2.95. The van der Waals surface area contributed by atoms with Gasteiger partial charge in [0.05, 0.1) is 11.9 Å². The molecule has 0 aliphatic heterocycles. The molecule has 0 fully saturated rings. The number of likely N-dealkylation sites (N-methyl/N-ethyl adjacent to an activating group) is 2. The van der Waals surface area contributed by atoms with Gasteiger partial charge in [0.1, 0.15) is 11.5 Å². The third-order valence-corrected chi connectivity index (χ3v) is 4.30. The minimum atomic E-state index is 0.829. The Morgan fingerprint density at radius 3 is 2.42 bits per heavy atom. The minimum absolute atomic E-state index is 0.829. The summed E-state index contributed by atoms with van der Waals surface area (Å²) in [7, 11) is 6.09. The molecule has 5 heteroatoms. The topological polar surface area (TPSA) is 42.3 Å². The molecule has 1 aromatic heterocycles. The lowest BCUT2D eigenvalue weighted by Gasteiger charge is -2.17. The van der Waals surface area contributed by atoms with E-state index in [0.717, 1.165) is 42.4 Å². The Balaban J connectivity index is 1.75. The molecule has 0 unspecified atom stereocenters. The summed E-state index contributed by atoms with van der Waals surface area (Å²) >= 11 is 0. The normalized spacial score (nSPS) is 11.1. The van der Waals surface area contributed by atoms with E-state index in [9.17, 15) is 0 Å². The Morgan fingerprint density at radius 1 is 1.04 bits per heavy atom. The molecule has 0 aliphatic rings. The predicted molar refractivity (Wildman–Crippen MR) is 105 cm³/mol. The molecule has 1 N–H and O–H groups in total. The first-order valence-corrected chi connectivity index (χ1v) is 8.84. The van der Waals surface area contributed by atoms with Crippen LogP contribution in [0.3, 0.4) is 0 Å². The molecule has 0 bridgehead atoms. The zero-order chi connectivity index (χ0) is 18.4. The molecule has 0 atom stereocenters. The van der Waals surface area contributed by atoms with Crippen LogP contribution < -0.4 is 10.1 Å². The second-order valence-electron chi connectivity index (χ2n) is 6.42. The monoisotopic (exact) mass is 350 g/mol. The smallest absolute Gasteiger partial charge is 0.127 e. The number of nitrogens with one attached hydrogen (secondary N) is 1. The van der Waals surface area contributed by atoms with Crippen LogP contribution in [0.1, 0.15) is 5.56 Å². The number of hydrogen-bond donors (Lipinski definition) is 1. The SMILES string of the molecule is CNCCN(C)Cc1cnn(C)c1-c1ccc(Oc2ccccc2)cc1. The first-order chi connectivity index (χ1) is 12.7. The molecule has 0 saturated carbocycles. The van der Waals surface area contributed by atoms with E-state index in [2.05, 4.69) is 34.5 Å². The maximum absolute atomic E-state index is 5.88. The quantitative estimate of drug-likeness (QED) is 0.675. The molecular weight excluding hydrogens is 324 g/mol. The van der Waals surface area contributed by atoms with Gasteiger partial charge in [-0.25, -0.2) is 0 Å². The lowest BCUT2D eigenvalue weighted by Crippen LogP contribution is -2.27. The molecule has 0 radical (unpaired) electrons. The second-order valence-corrected chi connectivity index (χ2v) is 6.42. The van der Waals surface area contributed by atoms with Crippen LogP contribution in [-0.4, -0.2) is 41.9 Å². The van der Waals surface area contributed by atoms with Crippen molar-refractivity contribution in [3.05, 3.63) is 66.4 Å². The zero-order valence-electron chi connectivity index (χ0n) is 15.6. The van der Waals surface area contributed by atoms with Gasteiger partial charge in [-0.3, -0.25) is 4.68 Å². The summed E-state index contributed by atoms with van der Waals surface area (Å²) in [6, 6.07) is 18.0. The average Bonchev–Trinajstić information content (AvgIpc) is 3.02. The third-order valence-electron chi connectivity index (χ3n) is 4.30. The van der Waals surface area contributed by atoms with E-state index >= 15 is 0 Å². The number of aryl methyl sites for hydroxylation is 1. The molecule has 0 saturated heterocycles. The van der Waals surface area contributed by atoms with Crippen molar-refractivity contribution in [1.82, 2.24) is 20.0 Å². The lowest BCUT2D eigenvalue weighted by molar-refractivity contribution is 0.328. The maximum atomic E-state index is 5.88. The predicted octanol–water partition coefficient (Wildman–Crippen LogP) is 3.53. The van der Waals surface area contributed by atoms with Gasteiger partial charge in [0.15, 0.2) is 0 Å². The van der Waals surface area contributed by atoms with Crippen LogP contribution in [0.15, 0.2) is 60.8 Å². The Bertz CT molecular complexity index is 812. The molecule has 3 aromatic rings. The van der Waals surface area contributed by atoms with Gasteiger partial charge in [0.2, 0.25) is 0 Å². The van der Waals surface area contributed by atoms with Crippen LogP contribution in [0.25, 0.3) is 11.3 Å². The highest BCUT2D eigenvalue weighted by atomic mass is 16.5. The fourth-order valence-corrected chi connectivity index (χ4v) is 2.95. The molecule has 0 aliphatic carbocycles. The van der Waals surface area contributed by atoms with Crippen molar-refractivity contribution in [3.63, 3.8) is 0 Å². The van der Waals surface area contributed by atoms with Crippen molar-refractivity contribution in [2.45, 2.75) is 6.54 Å². The highest BCUT2D eigenvalue weighted by Gasteiger charge is 2.13. The average molecular weight is 350 g/mol. The van der Waals surface area contributed by atoms with E-state index in [-0.39, 0.29) is 0 Å². The van der Waals surface area contributed by atoms with Crippen molar-refractivity contribution in [2.75, 3.05) is 27.2 Å². The van der Waals surface area contributed by atoms with Crippen molar-refractivity contribution < 1.29 is 4.74 Å². The molecule has 2 aromatic carbocycles. The summed E-state index contributed by atoms with van der Waals surface area (Å²) in [6.07, 6.45) is 1.96. The third kappa shape index (κ3) is 4.50. The molecule has 26 heavy (non-hydrogen) atoms. The maximum Gasteiger partial charge on any atom is 0.127 e. The van der Waals surface area contributed by atoms with E-state index in [1.165, 1.54) is 5.56 Å². The van der Waals surface area contributed by atoms with Gasteiger partial charge in [-0.05, 0) is 50.5 Å². The lowest BCUT2D eigenvalue weighted by atomic mass is 10.1. The molecule has 0 spiro atoms. The van der Waals surface area contributed by atoms with Crippen molar-refractivity contribution in [2.24, 2.45) is 7.05 Å². The number of hydrogen-bond acceptors (Lipinski definition) is 4. The summed E-state index contributed by atoms with van der Waals surface area (Å²) in [5.41, 5.74) is 3.51. The zero-order valence-corrected chi connectivity index (χ0v) is 15.6. The van der Waals surface area contributed by atoms with Crippen LogP contribution in [0, 0.1) is 0 Å². The number of ether oxygens (including phenoxy) is 1. The van der Waals surface area contributed by atoms with Gasteiger partial charge in [-0.1, -0.05) is 18.2 Å². The van der Waals surface area contributed by atoms with Crippen LogP contribution >= 0.6 is 0 Å². The summed E-state index contributed by atoms with van der Waals surface area (Å²) in [5.74, 6) is 1.67. The Hall–Kier alpha value is -2.63. The van der Waals surface area contributed by atoms with Crippen molar-refractivity contribution >= 4 is 0 Å². The van der Waals surface area contributed by atoms with Crippen LogP contribution in [0.2, 0.25) is 0 Å². The van der Waals surface area contributed by atoms with Gasteiger partial charge in [-0.2, -0.15) is 5.10 Å².